The van der Waals surface area contributed by atoms with Gasteiger partial charge in [0.05, 0.1) is 11.0 Å². The standard InChI is InChI=1S/C10H10N2O2/c1-3-8(2)11-9-5-4-6-10(7-9)12(13)14/h1,4-8,11H,2H3. The van der Waals surface area contributed by atoms with E-state index in [9.17, 15) is 10.1 Å². The van der Waals surface area contributed by atoms with E-state index in [-0.39, 0.29) is 11.7 Å². The average molecular weight is 190 g/mol. The lowest BCUT2D eigenvalue weighted by Crippen LogP contribution is -2.11. The Labute approximate surface area is 82.1 Å². The van der Waals surface area contributed by atoms with Gasteiger partial charge in [-0.25, -0.2) is 0 Å². The predicted octanol–water partition coefficient (Wildman–Crippen LogP) is 2.03. The highest BCUT2D eigenvalue weighted by Gasteiger charge is 2.05. The molecule has 0 aliphatic heterocycles. The van der Waals surface area contributed by atoms with Crippen LogP contribution in [0.4, 0.5) is 11.4 Å². The Morgan fingerprint density at radius 3 is 2.93 bits per heavy atom. The van der Waals surface area contributed by atoms with Crippen molar-refractivity contribution >= 4 is 11.4 Å². The molecule has 0 aliphatic rings. The highest BCUT2D eigenvalue weighted by Crippen LogP contribution is 2.17. The molecule has 1 aromatic carbocycles. The summed E-state index contributed by atoms with van der Waals surface area (Å²) in [4.78, 5) is 10.0. The van der Waals surface area contributed by atoms with Crippen molar-refractivity contribution in [1.29, 1.82) is 0 Å². The molecule has 72 valence electrons. The molecule has 0 saturated heterocycles. The molecule has 0 aromatic heterocycles. The molecule has 1 aromatic rings. The van der Waals surface area contributed by atoms with Gasteiger partial charge >= 0.3 is 0 Å². The molecular weight excluding hydrogens is 180 g/mol. The van der Waals surface area contributed by atoms with E-state index in [2.05, 4.69) is 11.2 Å². The minimum absolute atomic E-state index is 0.0548. The molecule has 1 rings (SSSR count). The fraction of sp³-hybridized carbons (Fsp3) is 0.200. The second-order valence-corrected chi connectivity index (χ2v) is 2.84. The summed E-state index contributed by atoms with van der Waals surface area (Å²) in [6.45, 7) is 1.80. The molecule has 0 spiro atoms. The van der Waals surface area contributed by atoms with Crippen LogP contribution in [0.3, 0.4) is 0 Å². The molecule has 0 radical (unpaired) electrons. The summed E-state index contributed by atoms with van der Waals surface area (Å²) in [5.74, 6) is 2.48. The number of hydrogen-bond acceptors (Lipinski definition) is 3. The third-order valence-electron chi connectivity index (χ3n) is 1.69. The number of anilines is 1. The Morgan fingerprint density at radius 1 is 1.64 bits per heavy atom. The van der Waals surface area contributed by atoms with Crippen LogP contribution in [0.1, 0.15) is 6.92 Å². The molecule has 1 unspecified atom stereocenters. The zero-order valence-corrected chi connectivity index (χ0v) is 7.73. The van der Waals surface area contributed by atoms with Gasteiger partial charge in [0.25, 0.3) is 5.69 Å². The van der Waals surface area contributed by atoms with Gasteiger partial charge in [-0.05, 0) is 13.0 Å². The summed E-state index contributed by atoms with van der Waals surface area (Å²) >= 11 is 0. The van der Waals surface area contributed by atoms with E-state index in [4.69, 9.17) is 6.42 Å². The number of rotatable bonds is 3. The largest absolute Gasteiger partial charge is 0.372 e. The fourth-order valence-electron chi connectivity index (χ4n) is 1.00. The maximum atomic E-state index is 10.4. The highest BCUT2D eigenvalue weighted by molar-refractivity contribution is 5.52. The lowest BCUT2D eigenvalue weighted by atomic mass is 10.2. The minimum atomic E-state index is -0.439. The fourth-order valence-corrected chi connectivity index (χ4v) is 1.00. The summed E-state index contributed by atoms with van der Waals surface area (Å²) < 4.78 is 0. The van der Waals surface area contributed by atoms with Gasteiger partial charge in [0, 0.05) is 17.8 Å². The molecule has 1 atom stereocenters. The maximum absolute atomic E-state index is 10.4. The van der Waals surface area contributed by atoms with Crippen LogP contribution in [-0.4, -0.2) is 11.0 Å². The summed E-state index contributed by atoms with van der Waals surface area (Å²) in [6, 6.07) is 6.10. The Hall–Kier alpha value is -2.02. The molecular formula is C10H10N2O2. The van der Waals surface area contributed by atoms with E-state index in [0.29, 0.717) is 5.69 Å². The maximum Gasteiger partial charge on any atom is 0.271 e. The van der Waals surface area contributed by atoms with Crippen molar-refractivity contribution in [3.05, 3.63) is 34.4 Å². The number of non-ortho nitro benzene ring substituents is 1. The number of hydrogen-bond donors (Lipinski definition) is 1. The number of nitrogens with zero attached hydrogens (tertiary/aromatic N) is 1. The van der Waals surface area contributed by atoms with Crippen molar-refractivity contribution in [2.24, 2.45) is 0 Å². The lowest BCUT2D eigenvalue weighted by molar-refractivity contribution is -0.384. The van der Waals surface area contributed by atoms with E-state index in [1.807, 2.05) is 0 Å². The van der Waals surface area contributed by atoms with Crippen LogP contribution in [0.2, 0.25) is 0 Å². The molecule has 0 fully saturated rings. The Balaban J connectivity index is 2.85. The van der Waals surface area contributed by atoms with Crippen LogP contribution in [-0.2, 0) is 0 Å². The van der Waals surface area contributed by atoms with Gasteiger partial charge in [0.2, 0.25) is 0 Å². The van der Waals surface area contributed by atoms with Crippen LogP contribution >= 0.6 is 0 Å². The first-order valence-electron chi connectivity index (χ1n) is 4.10. The topological polar surface area (TPSA) is 55.2 Å². The van der Waals surface area contributed by atoms with Gasteiger partial charge in [-0.15, -0.1) is 6.42 Å². The Bertz CT molecular complexity index is 382. The van der Waals surface area contributed by atoms with Crippen molar-refractivity contribution in [3.8, 4) is 12.3 Å². The van der Waals surface area contributed by atoms with Gasteiger partial charge in [-0.2, -0.15) is 0 Å². The van der Waals surface area contributed by atoms with Crippen molar-refractivity contribution in [2.75, 3.05) is 5.32 Å². The van der Waals surface area contributed by atoms with Crippen LogP contribution in [0.25, 0.3) is 0 Å². The van der Waals surface area contributed by atoms with E-state index in [1.165, 1.54) is 12.1 Å². The second kappa shape index (κ2) is 4.28. The third kappa shape index (κ3) is 2.49. The molecule has 1 N–H and O–H groups in total. The van der Waals surface area contributed by atoms with Crippen LogP contribution in [0, 0.1) is 22.5 Å². The molecule has 4 heteroatoms. The third-order valence-corrected chi connectivity index (χ3v) is 1.69. The van der Waals surface area contributed by atoms with Gasteiger partial charge in [-0.1, -0.05) is 12.0 Å². The molecule has 0 aliphatic carbocycles. The molecule has 0 saturated carbocycles. The van der Waals surface area contributed by atoms with E-state index < -0.39 is 4.92 Å². The molecule has 0 bridgehead atoms. The zero-order chi connectivity index (χ0) is 10.6. The highest BCUT2D eigenvalue weighted by atomic mass is 16.6. The van der Waals surface area contributed by atoms with Crippen molar-refractivity contribution in [3.63, 3.8) is 0 Å². The Kier molecular flexibility index (Phi) is 3.08. The summed E-state index contributed by atoms with van der Waals surface area (Å²) in [5.41, 5.74) is 0.712. The monoisotopic (exact) mass is 190 g/mol. The first-order valence-corrected chi connectivity index (χ1v) is 4.10. The predicted molar refractivity (Wildman–Crippen MR) is 55.0 cm³/mol. The zero-order valence-electron chi connectivity index (χ0n) is 7.73. The first kappa shape index (κ1) is 10.1. The smallest absolute Gasteiger partial charge is 0.271 e. The van der Waals surface area contributed by atoms with Crippen LogP contribution in [0.5, 0.6) is 0 Å². The summed E-state index contributed by atoms with van der Waals surface area (Å²) in [6.07, 6.45) is 5.17. The Morgan fingerprint density at radius 2 is 2.36 bits per heavy atom. The van der Waals surface area contributed by atoms with Crippen LogP contribution < -0.4 is 5.32 Å². The number of nitrogens with one attached hydrogen (secondary N) is 1. The van der Waals surface area contributed by atoms with Crippen LogP contribution in [0.15, 0.2) is 24.3 Å². The number of nitro benzene ring substituents is 1. The van der Waals surface area contributed by atoms with Gasteiger partial charge in [0.1, 0.15) is 0 Å². The van der Waals surface area contributed by atoms with Gasteiger partial charge in [0.15, 0.2) is 0 Å². The molecule has 14 heavy (non-hydrogen) atoms. The van der Waals surface area contributed by atoms with Gasteiger partial charge in [-0.3, -0.25) is 10.1 Å². The molecule has 0 amide bonds. The minimum Gasteiger partial charge on any atom is -0.372 e. The summed E-state index contributed by atoms with van der Waals surface area (Å²) in [5, 5.41) is 13.4. The van der Waals surface area contributed by atoms with E-state index in [1.54, 1.807) is 19.1 Å². The molecule has 0 heterocycles. The van der Waals surface area contributed by atoms with Gasteiger partial charge < -0.3 is 5.32 Å². The number of nitro groups is 1. The average Bonchev–Trinajstić information content (AvgIpc) is 2.18. The molecule has 4 nitrogen and oxygen atoms in total. The van der Waals surface area contributed by atoms with Crippen molar-refractivity contribution < 1.29 is 4.92 Å². The summed E-state index contributed by atoms with van der Waals surface area (Å²) in [7, 11) is 0. The number of terminal acetylenes is 1. The first-order chi connectivity index (χ1) is 6.63. The normalized spacial score (nSPS) is 11.4. The quantitative estimate of drug-likeness (QED) is 0.450. The van der Waals surface area contributed by atoms with Crippen molar-refractivity contribution in [2.45, 2.75) is 13.0 Å². The second-order valence-electron chi connectivity index (χ2n) is 2.84. The SMILES string of the molecule is C#CC(C)Nc1cccc([N+](=O)[O-])c1. The van der Waals surface area contributed by atoms with E-state index in [0.717, 1.165) is 0 Å². The lowest BCUT2D eigenvalue weighted by Gasteiger charge is -2.08. The van der Waals surface area contributed by atoms with E-state index >= 15 is 0 Å². The van der Waals surface area contributed by atoms with Crippen molar-refractivity contribution in [1.82, 2.24) is 0 Å². The number of benzene rings is 1.